The Balaban J connectivity index is 3.05. The van der Waals surface area contributed by atoms with E-state index >= 15 is 0 Å². The minimum absolute atomic E-state index is 0.389. The number of hydrogen-bond acceptors (Lipinski definition) is 3. The Morgan fingerprint density at radius 2 is 1.75 bits per heavy atom. The monoisotopic (exact) mass is 362 g/mol. The molecule has 114 valence electrons. The first-order valence-electron chi connectivity index (χ1n) is 6.73. The average molecular weight is 363 g/mol. The second-order valence-corrected chi connectivity index (χ2v) is 7.34. The number of hydrogen-bond donors (Lipinski definition) is 1. The molecule has 1 rings (SSSR count). The number of sulfonamides is 1. The van der Waals surface area contributed by atoms with Crippen LogP contribution in [0.15, 0.2) is 17.0 Å². The van der Waals surface area contributed by atoms with Crippen LogP contribution in [0.2, 0.25) is 0 Å². The van der Waals surface area contributed by atoms with Crippen LogP contribution in [-0.2, 0) is 10.0 Å². The van der Waals surface area contributed by atoms with Gasteiger partial charge in [0.2, 0.25) is 0 Å². The van der Waals surface area contributed by atoms with Crippen molar-refractivity contribution in [2.75, 3.05) is 18.4 Å². The molecule has 0 aromatic heterocycles. The van der Waals surface area contributed by atoms with E-state index in [1.165, 1.54) is 0 Å². The van der Waals surface area contributed by atoms with Gasteiger partial charge in [0.05, 0.1) is 4.90 Å². The van der Waals surface area contributed by atoms with Crippen molar-refractivity contribution in [1.29, 1.82) is 0 Å². The van der Waals surface area contributed by atoms with Gasteiger partial charge in [-0.3, -0.25) is 0 Å². The molecule has 0 aliphatic rings. The van der Waals surface area contributed by atoms with Crippen LogP contribution >= 0.6 is 15.9 Å². The van der Waals surface area contributed by atoms with Crippen molar-refractivity contribution >= 4 is 26.0 Å². The van der Waals surface area contributed by atoms with Crippen LogP contribution in [0, 0.1) is 20.8 Å². The summed E-state index contributed by atoms with van der Waals surface area (Å²) in [5, 5.41) is 2.59. The summed E-state index contributed by atoms with van der Waals surface area (Å²) in [7, 11) is -3.52. The molecule has 0 fully saturated rings. The number of halogens is 1. The molecule has 20 heavy (non-hydrogen) atoms. The van der Waals surface area contributed by atoms with E-state index in [1.807, 2.05) is 39.8 Å². The molecule has 0 bridgehead atoms. The lowest BCUT2D eigenvalue weighted by Gasteiger charge is -2.22. The van der Waals surface area contributed by atoms with Gasteiger partial charge in [-0.05, 0) is 38.3 Å². The number of rotatable bonds is 7. The lowest BCUT2D eigenvalue weighted by Crippen LogP contribution is -2.43. The molecule has 1 N–H and O–H groups in total. The minimum Gasteiger partial charge on any atom is -0.231 e. The van der Waals surface area contributed by atoms with Crippen molar-refractivity contribution in [3.05, 3.63) is 28.8 Å². The fourth-order valence-corrected chi connectivity index (χ4v) is 4.19. The highest BCUT2D eigenvalue weighted by Crippen LogP contribution is 2.21. The van der Waals surface area contributed by atoms with Gasteiger partial charge in [-0.1, -0.05) is 40.5 Å². The van der Waals surface area contributed by atoms with Crippen molar-refractivity contribution < 1.29 is 8.42 Å². The Hall–Kier alpha value is -0.430. The molecule has 4 nitrogen and oxygen atoms in total. The Morgan fingerprint density at radius 1 is 1.20 bits per heavy atom. The SMILES string of the molecule is CCN(CCCBr)NS(=O)(=O)c1c(C)cc(C)cc1C. The quantitative estimate of drug-likeness (QED) is 0.599. The zero-order valence-electron chi connectivity index (χ0n) is 12.5. The first-order valence-corrected chi connectivity index (χ1v) is 9.33. The molecule has 0 spiro atoms. The predicted molar refractivity (Wildman–Crippen MR) is 86.6 cm³/mol. The molecule has 0 amide bonds. The summed E-state index contributed by atoms with van der Waals surface area (Å²) in [5.74, 6) is 0. The van der Waals surface area contributed by atoms with E-state index in [4.69, 9.17) is 0 Å². The number of benzene rings is 1. The third kappa shape index (κ3) is 4.55. The Labute approximate surface area is 130 Å². The van der Waals surface area contributed by atoms with Crippen molar-refractivity contribution in [3.8, 4) is 0 Å². The molecule has 0 heterocycles. The van der Waals surface area contributed by atoms with Gasteiger partial charge in [-0.2, -0.15) is 0 Å². The molecule has 1 aromatic carbocycles. The Kier molecular flexibility index (Phi) is 6.64. The normalized spacial score (nSPS) is 12.1. The third-order valence-corrected chi connectivity index (χ3v) is 5.31. The van der Waals surface area contributed by atoms with Gasteiger partial charge < -0.3 is 0 Å². The van der Waals surface area contributed by atoms with E-state index < -0.39 is 10.0 Å². The fourth-order valence-electron chi connectivity index (χ4n) is 2.33. The van der Waals surface area contributed by atoms with Gasteiger partial charge >= 0.3 is 0 Å². The van der Waals surface area contributed by atoms with E-state index in [1.54, 1.807) is 5.01 Å². The first kappa shape index (κ1) is 17.6. The Bertz CT molecular complexity index is 535. The van der Waals surface area contributed by atoms with Crippen LogP contribution in [0.5, 0.6) is 0 Å². The highest BCUT2D eigenvalue weighted by Gasteiger charge is 2.21. The zero-order chi connectivity index (χ0) is 15.3. The lowest BCUT2D eigenvalue weighted by molar-refractivity contribution is 0.255. The van der Waals surface area contributed by atoms with Crippen molar-refractivity contribution in [2.24, 2.45) is 0 Å². The lowest BCUT2D eigenvalue weighted by atomic mass is 10.1. The number of aryl methyl sites for hydroxylation is 3. The molecule has 0 saturated carbocycles. The van der Waals surface area contributed by atoms with E-state index in [9.17, 15) is 8.42 Å². The predicted octanol–water partition coefficient (Wildman–Crippen LogP) is 2.91. The highest BCUT2D eigenvalue weighted by molar-refractivity contribution is 9.09. The molecule has 0 unspecified atom stereocenters. The maximum atomic E-state index is 12.6. The average Bonchev–Trinajstić information content (AvgIpc) is 2.32. The maximum Gasteiger partial charge on any atom is 0.253 e. The van der Waals surface area contributed by atoms with E-state index in [2.05, 4.69) is 20.8 Å². The first-order chi connectivity index (χ1) is 9.31. The number of nitrogens with one attached hydrogen (secondary N) is 1. The molecule has 0 atom stereocenters. The minimum atomic E-state index is -3.52. The van der Waals surface area contributed by atoms with Crippen LogP contribution < -0.4 is 4.83 Å². The molecule has 6 heteroatoms. The smallest absolute Gasteiger partial charge is 0.231 e. The zero-order valence-corrected chi connectivity index (χ0v) is 14.9. The summed E-state index contributed by atoms with van der Waals surface area (Å²) < 4.78 is 25.1. The van der Waals surface area contributed by atoms with Crippen molar-refractivity contribution in [1.82, 2.24) is 9.84 Å². The second kappa shape index (κ2) is 7.54. The molecule has 0 saturated heterocycles. The number of nitrogens with zero attached hydrogens (tertiary/aromatic N) is 1. The number of hydrazine groups is 1. The molecular weight excluding hydrogens is 340 g/mol. The van der Waals surface area contributed by atoms with E-state index in [-0.39, 0.29) is 0 Å². The van der Waals surface area contributed by atoms with Gasteiger partial charge in [0.15, 0.2) is 0 Å². The van der Waals surface area contributed by atoms with Gasteiger partial charge in [0.25, 0.3) is 10.0 Å². The van der Waals surface area contributed by atoms with Crippen LogP contribution in [0.25, 0.3) is 0 Å². The summed E-state index contributed by atoms with van der Waals surface area (Å²) in [6.07, 6.45) is 0.891. The largest absolute Gasteiger partial charge is 0.253 e. The van der Waals surface area contributed by atoms with Gasteiger partial charge in [-0.15, -0.1) is 4.83 Å². The highest BCUT2D eigenvalue weighted by atomic mass is 79.9. The topological polar surface area (TPSA) is 49.4 Å². The summed E-state index contributed by atoms with van der Waals surface area (Å²) in [6, 6.07) is 3.80. The van der Waals surface area contributed by atoms with Gasteiger partial charge in [0, 0.05) is 18.4 Å². The van der Waals surface area contributed by atoms with E-state index in [0.717, 1.165) is 28.4 Å². The molecule has 1 aromatic rings. The van der Waals surface area contributed by atoms with Crippen molar-refractivity contribution in [3.63, 3.8) is 0 Å². The van der Waals surface area contributed by atoms with Crippen LogP contribution in [0.1, 0.15) is 30.0 Å². The summed E-state index contributed by atoms with van der Waals surface area (Å²) in [5.41, 5.74) is 2.64. The maximum absolute atomic E-state index is 12.6. The van der Waals surface area contributed by atoms with Gasteiger partial charge in [0.1, 0.15) is 0 Å². The second-order valence-electron chi connectivity index (χ2n) is 4.94. The summed E-state index contributed by atoms with van der Waals surface area (Å²) >= 11 is 3.36. The molecule has 0 aliphatic carbocycles. The number of alkyl halides is 1. The molecule has 0 aliphatic heterocycles. The van der Waals surface area contributed by atoms with Gasteiger partial charge in [-0.25, -0.2) is 13.4 Å². The summed E-state index contributed by atoms with van der Waals surface area (Å²) in [6.45, 7) is 8.90. The van der Waals surface area contributed by atoms with Crippen LogP contribution in [0.3, 0.4) is 0 Å². The van der Waals surface area contributed by atoms with E-state index in [0.29, 0.717) is 18.0 Å². The Morgan fingerprint density at radius 3 is 2.20 bits per heavy atom. The summed E-state index contributed by atoms with van der Waals surface area (Å²) in [4.78, 5) is 3.07. The van der Waals surface area contributed by atoms with Crippen LogP contribution in [0.4, 0.5) is 0 Å². The van der Waals surface area contributed by atoms with Crippen molar-refractivity contribution in [2.45, 2.75) is 39.0 Å². The molecule has 0 radical (unpaired) electrons. The standard InChI is InChI=1S/C14H23BrN2O2S/c1-5-17(8-6-7-15)16-20(18,19)14-12(3)9-11(2)10-13(14)4/h9-10,16H,5-8H2,1-4H3. The third-order valence-electron chi connectivity index (χ3n) is 3.07. The van der Waals surface area contributed by atoms with Crippen LogP contribution in [-0.4, -0.2) is 31.8 Å². The fraction of sp³-hybridized carbons (Fsp3) is 0.571. The molecular formula is C14H23BrN2O2S.